The van der Waals surface area contributed by atoms with E-state index >= 15 is 0 Å². The topological polar surface area (TPSA) is 49.4 Å². The van der Waals surface area contributed by atoms with E-state index in [1.165, 1.54) is 11.0 Å². The predicted octanol–water partition coefficient (Wildman–Crippen LogP) is 4.60. The number of carbonyl (C=O) groups excluding carboxylic acids is 2. The minimum atomic E-state index is -0.252. The van der Waals surface area contributed by atoms with Crippen molar-refractivity contribution in [3.05, 3.63) is 83.4 Å². The van der Waals surface area contributed by atoms with Gasteiger partial charge in [0.15, 0.2) is 0 Å². The van der Waals surface area contributed by atoms with E-state index in [4.69, 9.17) is 11.6 Å². The SMILES string of the molecule is CN(CC(=O)Nc1cccc2ccccc12)C(=O)/C=C/c1ccc(Cl)cc1. The average molecular weight is 379 g/mol. The largest absolute Gasteiger partial charge is 0.333 e. The fourth-order valence-corrected chi connectivity index (χ4v) is 2.81. The molecule has 0 fully saturated rings. The summed E-state index contributed by atoms with van der Waals surface area (Å²) in [6.45, 7) is -0.0347. The molecule has 0 aliphatic rings. The lowest BCUT2D eigenvalue weighted by molar-refractivity contribution is -0.129. The Morgan fingerprint density at radius 3 is 2.48 bits per heavy atom. The van der Waals surface area contributed by atoms with Crippen LogP contribution in [0.1, 0.15) is 5.56 Å². The van der Waals surface area contributed by atoms with Gasteiger partial charge in [-0.15, -0.1) is 0 Å². The molecule has 0 aliphatic heterocycles. The first kappa shape index (κ1) is 18.7. The molecular weight excluding hydrogens is 360 g/mol. The molecule has 3 aromatic carbocycles. The lowest BCUT2D eigenvalue weighted by Gasteiger charge is -2.15. The van der Waals surface area contributed by atoms with Crippen LogP contribution >= 0.6 is 11.6 Å². The maximum absolute atomic E-state index is 12.3. The third kappa shape index (κ3) is 4.96. The maximum atomic E-state index is 12.3. The second-order valence-corrected chi connectivity index (χ2v) is 6.59. The fourth-order valence-electron chi connectivity index (χ4n) is 2.69. The van der Waals surface area contributed by atoms with E-state index in [0.717, 1.165) is 22.0 Å². The van der Waals surface area contributed by atoms with Crippen molar-refractivity contribution in [1.82, 2.24) is 4.90 Å². The quantitative estimate of drug-likeness (QED) is 0.659. The molecule has 136 valence electrons. The van der Waals surface area contributed by atoms with E-state index in [1.807, 2.05) is 54.6 Å². The van der Waals surface area contributed by atoms with E-state index in [-0.39, 0.29) is 18.4 Å². The number of hydrogen-bond acceptors (Lipinski definition) is 2. The van der Waals surface area contributed by atoms with Crippen molar-refractivity contribution in [2.75, 3.05) is 18.9 Å². The molecule has 0 saturated carbocycles. The van der Waals surface area contributed by atoms with Crippen LogP contribution in [0.5, 0.6) is 0 Å². The van der Waals surface area contributed by atoms with E-state index in [1.54, 1.807) is 25.3 Å². The molecule has 0 unspecified atom stereocenters. The number of fused-ring (bicyclic) bond motifs is 1. The summed E-state index contributed by atoms with van der Waals surface area (Å²) in [7, 11) is 1.59. The standard InChI is InChI=1S/C22H19ClN2O2/c1-25(22(27)14-11-16-9-12-18(23)13-10-16)15-21(26)24-20-8-4-6-17-5-2-3-7-19(17)20/h2-14H,15H2,1H3,(H,24,26)/b14-11+. The molecule has 3 aromatic rings. The summed E-state index contributed by atoms with van der Waals surface area (Å²) in [5, 5.41) is 5.53. The zero-order valence-electron chi connectivity index (χ0n) is 14.9. The predicted molar refractivity (Wildman–Crippen MR) is 111 cm³/mol. The summed E-state index contributed by atoms with van der Waals surface area (Å²) in [6, 6.07) is 20.7. The molecule has 2 amide bonds. The van der Waals surface area contributed by atoms with Crippen molar-refractivity contribution in [1.29, 1.82) is 0 Å². The first-order chi connectivity index (χ1) is 13.0. The Hall–Kier alpha value is -3.11. The molecule has 4 nitrogen and oxygen atoms in total. The Bertz CT molecular complexity index is 991. The first-order valence-corrected chi connectivity index (χ1v) is 8.87. The molecule has 0 spiro atoms. The summed E-state index contributed by atoms with van der Waals surface area (Å²) >= 11 is 5.84. The van der Waals surface area contributed by atoms with Crippen molar-refractivity contribution in [2.45, 2.75) is 0 Å². The average Bonchev–Trinajstić information content (AvgIpc) is 2.67. The van der Waals surface area contributed by atoms with Gasteiger partial charge in [0, 0.05) is 29.2 Å². The van der Waals surface area contributed by atoms with Crippen LogP contribution in [0.2, 0.25) is 5.02 Å². The van der Waals surface area contributed by atoms with E-state index in [0.29, 0.717) is 5.02 Å². The van der Waals surface area contributed by atoms with Crippen LogP contribution in [-0.4, -0.2) is 30.3 Å². The summed E-state index contributed by atoms with van der Waals surface area (Å²) < 4.78 is 0. The van der Waals surface area contributed by atoms with Gasteiger partial charge in [-0.1, -0.05) is 60.1 Å². The highest BCUT2D eigenvalue weighted by Gasteiger charge is 2.11. The summed E-state index contributed by atoms with van der Waals surface area (Å²) in [5.74, 6) is -0.500. The Labute approximate surface area is 163 Å². The maximum Gasteiger partial charge on any atom is 0.246 e. The van der Waals surface area contributed by atoms with Crippen LogP contribution < -0.4 is 5.32 Å². The number of carbonyl (C=O) groups is 2. The van der Waals surface area contributed by atoms with Gasteiger partial charge in [-0.3, -0.25) is 9.59 Å². The van der Waals surface area contributed by atoms with Crippen LogP contribution in [0.25, 0.3) is 16.8 Å². The van der Waals surface area contributed by atoms with E-state index < -0.39 is 0 Å². The first-order valence-electron chi connectivity index (χ1n) is 8.49. The van der Waals surface area contributed by atoms with Crippen molar-refractivity contribution in [3.63, 3.8) is 0 Å². The van der Waals surface area contributed by atoms with Gasteiger partial charge in [0.25, 0.3) is 0 Å². The van der Waals surface area contributed by atoms with Gasteiger partial charge < -0.3 is 10.2 Å². The molecule has 0 radical (unpaired) electrons. The fraction of sp³-hybridized carbons (Fsp3) is 0.0909. The van der Waals surface area contributed by atoms with Gasteiger partial charge in [-0.25, -0.2) is 0 Å². The summed E-state index contributed by atoms with van der Waals surface area (Å²) in [4.78, 5) is 25.9. The Kier molecular flexibility index (Phi) is 5.89. The van der Waals surface area contributed by atoms with Gasteiger partial charge in [-0.2, -0.15) is 0 Å². The van der Waals surface area contributed by atoms with Crippen LogP contribution in [-0.2, 0) is 9.59 Å². The van der Waals surface area contributed by atoms with Crippen molar-refractivity contribution in [2.24, 2.45) is 0 Å². The third-order valence-corrected chi connectivity index (χ3v) is 4.36. The van der Waals surface area contributed by atoms with E-state index in [9.17, 15) is 9.59 Å². The number of halogens is 1. The third-order valence-electron chi connectivity index (χ3n) is 4.11. The van der Waals surface area contributed by atoms with Crippen molar-refractivity contribution >= 4 is 46.0 Å². The number of nitrogens with one attached hydrogen (secondary N) is 1. The van der Waals surface area contributed by atoms with Crippen molar-refractivity contribution in [3.8, 4) is 0 Å². The van der Waals surface area contributed by atoms with Gasteiger partial charge in [0.05, 0.1) is 6.54 Å². The van der Waals surface area contributed by atoms with Crippen LogP contribution in [0, 0.1) is 0 Å². The minimum Gasteiger partial charge on any atom is -0.333 e. The zero-order valence-corrected chi connectivity index (χ0v) is 15.6. The van der Waals surface area contributed by atoms with Crippen LogP contribution in [0.15, 0.2) is 72.8 Å². The summed E-state index contributed by atoms with van der Waals surface area (Å²) in [5.41, 5.74) is 1.59. The number of nitrogens with zero attached hydrogens (tertiary/aromatic N) is 1. The van der Waals surface area contributed by atoms with Crippen LogP contribution in [0.4, 0.5) is 5.69 Å². The number of hydrogen-bond donors (Lipinski definition) is 1. The Morgan fingerprint density at radius 1 is 1.00 bits per heavy atom. The Morgan fingerprint density at radius 2 is 1.70 bits per heavy atom. The molecule has 0 saturated heterocycles. The molecule has 0 bridgehead atoms. The molecule has 0 aliphatic carbocycles. The Balaban J connectivity index is 1.61. The number of amides is 2. The number of rotatable bonds is 5. The molecule has 0 atom stereocenters. The van der Waals surface area contributed by atoms with E-state index in [2.05, 4.69) is 5.32 Å². The highest BCUT2D eigenvalue weighted by molar-refractivity contribution is 6.30. The molecule has 3 rings (SSSR count). The normalized spacial score (nSPS) is 10.9. The highest BCUT2D eigenvalue weighted by Crippen LogP contribution is 2.22. The summed E-state index contributed by atoms with van der Waals surface area (Å²) in [6.07, 6.45) is 3.13. The van der Waals surface area contributed by atoms with Crippen LogP contribution in [0.3, 0.4) is 0 Å². The van der Waals surface area contributed by atoms with Gasteiger partial charge in [0.2, 0.25) is 11.8 Å². The second kappa shape index (κ2) is 8.52. The molecule has 0 aromatic heterocycles. The molecule has 27 heavy (non-hydrogen) atoms. The minimum absolute atomic E-state index is 0.0347. The molecule has 1 N–H and O–H groups in total. The number of likely N-dealkylation sites (N-methyl/N-ethyl adjacent to an activating group) is 1. The van der Waals surface area contributed by atoms with Crippen molar-refractivity contribution < 1.29 is 9.59 Å². The molecular formula is C22H19ClN2O2. The highest BCUT2D eigenvalue weighted by atomic mass is 35.5. The molecule has 5 heteroatoms. The molecule has 0 heterocycles. The monoisotopic (exact) mass is 378 g/mol. The lowest BCUT2D eigenvalue weighted by atomic mass is 10.1. The second-order valence-electron chi connectivity index (χ2n) is 6.15. The van der Waals surface area contributed by atoms with Gasteiger partial charge in [0.1, 0.15) is 0 Å². The van der Waals surface area contributed by atoms with Gasteiger partial charge in [-0.05, 0) is 35.2 Å². The number of anilines is 1. The lowest BCUT2D eigenvalue weighted by Crippen LogP contribution is -2.33. The zero-order chi connectivity index (χ0) is 19.2. The van der Waals surface area contributed by atoms with Gasteiger partial charge >= 0.3 is 0 Å². The number of benzene rings is 3. The smallest absolute Gasteiger partial charge is 0.246 e.